The maximum atomic E-state index is 12.3. The summed E-state index contributed by atoms with van der Waals surface area (Å²) in [5.41, 5.74) is 1.09. The van der Waals surface area contributed by atoms with Gasteiger partial charge in [-0.1, -0.05) is 61.2 Å². The van der Waals surface area contributed by atoms with Crippen molar-refractivity contribution < 1.29 is 4.79 Å². The van der Waals surface area contributed by atoms with E-state index in [1.165, 1.54) is 38.5 Å². The Bertz CT molecular complexity index is 645. The van der Waals surface area contributed by atoms with Gasteiger partial charge in [-0.15, -0.1) is 12.4 Å². The van der Waals surface area contributed by atoms with Gasteiger partial charge in [0.05, 0.1) is 6.04 Å². The molecular formula is C20H29Cl2N3OS. The number of benzene rings is 1. The van der Waals surface area contributed by atoms with E-state index in [4.69, 9.17) is 16.6 Å². The van der Waals surface area contributed by atoms with E-state index >= 15 is 0 Å². The van der Waals surface area contributed by atoms with Crippen LogP contribution in [0.25, 0.3) is 0 Å². The van der Waals surface area contributed by atoms with Crippen LogP contribution in [0.5, 0.6) is 0 Å². The smallest absolute Gasteiger partial charge is 0.221 e. The third-order valence-corrected chi connectivity index (χ3v) is 6.63. The molecule has 4 nitrogen and oxygen atoms in total. The van der Waals surface area contributed by atoms with E-state index in [1.807, 2.05) is 29.2 Å². The zero-order valence-electron chi connectivity index (χ0n) is 16.1. The van der Waals surface area contributed by atoms with Crippen LogP contribution in [0.4, 0.5) is 0 Å². The molecule has 1 aliphatic carbocycles. The van der Waals surface area contributed by atoms with Crippen molar-refractivity contribution in [3.8, 4) is 0 Å². The molecule has 2 fully saturated rings. The molecule has 1 aromatic carbocycles. The van der Waals surface area contributed by atoms with Gasteiger partial charge in [-0.3, -0.25) is 9.79 Å². The zero-order chi connectivity index (χ0) is 18.5. The second-order valence-electron chi connectivity index (χ2n) is 7.23. The van der Waals surface area contributed by atoms with Crippen LogP contribution < -0.4 is 0 Å². The molecular weight excluding hydrogens is 401 g/mol. The van der Waals surface area contributed by atoms with Crippen molar-refractivity contribution in [3.63, 3.8) is 0 Å². The SMILES string of the molecule is CC(=O)N(Cc1ccc(Cl)cc1)C1CSC(=NC2CCCCCC2)N1C.Cl. The lowest BCUT2D eigenvalue weighted by molar-refractivity contribution is -0.133. The summed E-state index contributed by atoms with van der Waals surface area (Å²) in [5.74, 6) is 0.961. The van der Waals surface area contributed by atoms with Crippen LogP contribution in [-0.4, -0.2) is 45.9 Å². The largest absolute Gasteiger partial charge is 0.333 e. The molecule has 0 aromatic heterocycles. The Morgan fingerprint density at radius 2 is 1.85 bits per heavy atom. The van der Waals surface area contributed by atoms with E-state index in [2.05, 4.69) is 11.9 Å². The highest BCUT2D eigenvalue weighted by molar-refractivity contribution is 8.14. The summed E-state index contributed by atoms with van der Waals surface area (Å²) < 4.78 is 0. The van der Waals surface area contributed by atoms with E-state index in [-0.39, 0.29) is 24.5 Å². The fraction of sp³-hybridized carbons (Fsp3) is 0.600. The van der Waals surface area contributed by atoms with Gasteiger partial charge in [0.25, 0.3) is 0 Å². The number of nitrogens with zero attached hydrogens (tertiary/aromatic N) is 3. The standard InChI is InChI=1S/C20H28ClN3OS.ClH/c1-15(25)24(13-16-9-11-17(21)12-10-16)19-14-26-20(23(19)2)22-18-7-5-3-4-6-8-18;/h9-12,18-19H,3-8,13-14H2,1-2H3;1H. The van der Waals surface area contributed by atoms with Crippen LogP contribution >= 0.6 is 35.8 Å². The first-order valence-corrected chi connectivity index (χ1v) is 10.9. The van der Waals surface area contributed by atoms with Crippen LogP contribution in [0.2, 0.25) is 5.02 Å². The molecule has 1 atom stereocenters. The number of carbonyl (C=O) groups excluding carboxylic acids is 1. The molecule has 1 aliphatic heterocycles. The zero-order valence-corrected chi connectivity index (χ0v) is 18.5. The first kappa shape index (κ1) is 22.4. The number of amidine groups is 1. The topological polar surface area (TPSA) is 35.9 Å². The van der Waals surface area contributed by atoms with Crippen LogP contribution in [0.1, 0.15) is 51.0 Å². The van der Waals surface area contributed by atoms with Gasteiger partial charge in [-0.25, -0.2) is 0 Å². The monoisotopic (exact) mass is 429 g/mol. The minimum Gasteiger partial charge on any atom is -0.333 e. The Hall–Kier alpha value is -0.910. The Labute approximate surface area is 178 Å². The molecule has 1 unspecified atom stereocenters. The highest BCUT2D eigenvalue weighted by Crippen LogP contribution is 2.29. The molecule has 1 saturated carbocycles. The van der Waals surface area contributed by atoms with Crippen molar-refractivity contribution in [1.29, 1.82) is 0 Å². The number of hydrogen-bond donors (Lipinski definition) is 0. The van der Waals surface area contributed by atoms with Gasteiger partial charge in [0.2, 0.25) is 5.91 Å². The number of amides is 1. The second-order valence-corrected chi connectivity index (χ2v) is 8.66. The molecule has 0 spiro atoms. The number of halogens is 2. The number of rotatable bonds is 4. The van der Waals surface area contributed by atoms with Crippen LogP contribution in [-0.2, 0) is 11.3 Å². The number of thioether (sulfide) groups is 1. The third kappa shape index (κ3) is 6.03. The molecule has 7 heteroatoms. The maximum Gasteiger partial charge on any atom is 0.221 e. The predicted molar refractivity (Wildman–Crippen MR) is 118 cm³/mol. The molecule has 27 heavy (non-hydrogen) atoms. The van der Waals surface area contributed by atoms with Gasteiger partial charge in [-0.05, 0) is 30.5 Å². The Morgan fingerprint density at radius 1 is 1.22 bits per heavy atom. The highest BCUT2D eigenvalue weighted by atomic mass is 35.5. The summed E-state index contributed by atoms with van der Waals surface area (Å²) in [6.07, 6.45) is 7.70. The number of hydrogen-bond acceptors (Lipinski definition) is 3. The average Bonchev–Trinajstić information content (AvgIpc) is 2.82. The minimum absolute atomic E-state index is 0. The van der Waals surface area contributed by atoms with E-state index in [9.17, 15) is 4.79 Å². The van der Waals surface area contributed by atoms with Gasteiger partial charge >= 0.3 is 0 Å². The minimum atomic E-state index is 0. The molecule has 3 rings (SSSR count). The van der Waals surface area contributed by atoms with E-state index < -0.39 is 0 Å². The quantitative estimate of drug-likeness (QED) is 0.617. The van der Waals surface area contributed by atoms with E-state index in [0.717, 1.165) is 21.5 Å². The molecule has 0 bridgehead atoms. The van der Waals surface area contributed by atoms with Crippen molar-refractivity contribution in [2.24, 2.45) is 4.99 Å². The average molecular weight is 430 g/mol. The van der Waals surface area contributed by atoms with Crippen molar-refractivity contribution >= 4 is 46.8 Å². The first-order chi connectivity index (χ1) is 12.5. The Balaban J connectivity index is 0.00000261. The predicted octanol–water partition coefficient (Wildman–Crippen LogP) is 5.19. The first-order valence-electron chi connectivity index (χ1n) is 9.49. The Morgan fingerprint density at radius 3 is 2.44 bits per heavy atom. The number of aliphatic imine (C=N–C) groups is 1. The summed E-state index contributed by atoms with van der Waals surface area (Å²) in [6.45, 7) is 2.24. The van der Waals surface area contributed by atoms with E-state index in [1.54, 1.807) is 18.7 Å². The molecule has 1 amide bonds. The number of carbonyl (C=O) groups is 1. The van der Waals surface area contributed by atoms with Crippen molar-refractivity contribution in [2.45, 2.75) is 64.2 Å². The summed E-state index contributed by atoms with van der Waals surface area (Å²) >= 11 is 7.76. The van der Waals surface area contributed by atoms with Gasteiger partial charge in [0.15, 0.2) is 5.17 Å². The lowest BCUT2D eigenvalue weighted by Crippen LogP contribution is -2.47. The van der Waals surface area contributed by atoms with Crippen molar-refractivity contribution in [3.05, 3.63) is 34.9 Å². The van der Waals surface area contributed by atoms with Gasteiger partial charge < -0.3 is 9.80 Å². The fourth-order valence-corrected chi connectivity index (χ4v) is 5.05. The molecule has 1 heterocycles. The third-order valence-electron chi connectivity index (χ3n) is 5.26. The van der Waals surface area contributed by atoms with Crippen molar-refractivity contribution in [2.75, 3.05) is 12.8 Å². The maximum absolute atomic E-state index is 12.3. The molecule has 1 saturated heterocycles. The molecule has 1 aromatic rings. The summed E-state index contributed by atoms with van der Waals surface area (Å²) in [5, 5.41) is 1.80. The normalized spacial score (nSPS) is 22.4. The summed E-state index contributed by atoms with van der Waals surface area (Å²) in [4.78, 5) is 21.5. The molecule has 150 valence electrons. The van der Waals surface area contributed by atoms with Crippen LogP contribution in [0.15, 0.2) is 29.3 Å². The summed E-state index contributed by atoms with van der Waals surface area (Å²) in [7, 11) is 2.07. The van der Waals surface area contributed by atoms with Gasteiger partial charge in [-0.2, -0.15) is 0 Å². The van der Waals surface area contributed by atoms with Crippen LogP contribution in [0.3, 0.4) is 0 Å². The van der Waals surface area contributed by atoms with E-state index in [0.29, 0.717) is 12.6 Å². The molecule has 2 aliphatic rings. The molecule has 0 N–H and O–H groups in total. The van der Waals surface area contributed by atoms with Gasteiger partial charge in [0, 0.05) is 31.3 Å². The fourth-order valence-electron chi connectivity index (χ4n) is 3.67. The van der Waals surface area contributed by atoms with Crippen molar-refractivity contribution in [1.82, 2.24) is 9.80 Å². The lowest BCUT2D eigenvalue weighted by Gasteiger charge is -2.33. The summed E-state index contributed by atoms with van der Waals surface area (Å²) in [6, 6.07) is 8.17. The lowest BCUT2D eigenvalue weighted by atomic mass is 10.1. The molecule has 0 radical (unpaired) electrons. The highest BCUT2D eigenvalue weighted by Gasteiger charge is 2.34. The Kier molecular flexibility index (Phi) is 8.77. The second kappa shape index (κ2) is 10.6. The van der Waals surface area contributed by atoms with Gasteiger partial charge in [0.1, 0.15) is 6.17 Å². The van der Waals surface area contributed by atoms with Crippen LogP contribution in [0, 0.1) is 0 Å².